The van der Waals surface area contributed by atoms with Crippen molar-refractivity contribution in [2.75, 3.05) is 26.4 Å². The van der Waals surface area contributed by atoms with E-state index >= 15 is 0 Å². The van der Waals surface area contributed by atoms with Crippen LogP contribution in [-0.2, 0) is 28.5 Å². The van der Waals surface area contributed by atoms with Gasteiger partial charge in [0.1, 0.15) is 18.8 Å². The van der Waals surface area contributed by atoms with E-state index in [1.807, 2.05) is 0 Å². The van der Waals surface area contributed by atoms with Gasteiger partial charge in [-0.3, -0.25) is 0 Å². The minimum Gasteiger partial charge on any atom is -0.455 e. The lowest BCUT2D eigenvalue weighted by Crippen LogP contribution is -2.70. The molecule has 4 aliphatic carbocycles. The van der Waals surface area contributed by atoms with Gasteiger partial charge in [-0.1, -0.05) is 0 Å². The van der Waals surface area contributed by atoms with Crippen molar-refractivity contribution in [2.24, 2.45) is 23.2 Å². The molecule has 9 heteroatoms. The van der Waals surface area contributed by atoms with Crippen molar-refractivity contribution < 1.29 is 42.1 Å². The summed E-state index contributed by atoms with van der Waals surface area (Å²) >= 11 is 0. The van der Waals surface area contributed by atoms with Crippen LogP contribution in [0.25, 0.3) is 0 Å². The van der Waals surface area contributed by atoms with Crippen LogP contribution in [0.2, 0.25) is 0 Å². The second-order valence-electron chi connectivity index (χ2n) is 9.43. The molecule has 0 aromatic carbocycles. The average molecular weight is 402 g/mol. The molecular weight excluding hydrogens is 378 g/mol. The Morgan fingerprint density at radius 1 is 1.04 bits per heavy atom. The Kier molecular flexibility index (Phi) is 3.83. The fourth-order valence-electron chi connectivity index (χ4n) is 6.03. The van der Waals surface area contributed by atoms with Gasteiger partial charge in [-0.2, -0.15) is 8.78 Å². The highest BCUT2D eigenvalue weighted by Gasteiger charge is 2.67. The van der Waals surface area contributed by atoms with Crippen molar-refractivity contribution in [3.63, 3.8) is 0 Å². The number of carbonyl (C=O) groups is 2. The first-order chi connectivity index (χ1) is 13.1. The number of halogens is 2. The predicted molar refractivity (Wildman–Crippen MR) is 87.4 cm³/mol. The predicted octanol–water partition coefficient (Wildman–Crippen LogP) is 2.66. The van der Waals surface area contributed by atoms with Gasteiger partial charge in [0.2, 0.25) is 0 Å². The zero-order chi connectivity index (χ0) is 19.8. The Balaban J connectivity index is 1.32. The summed E-state index contributed by atoms with van der Waals surface area (Å²) in [6.45, 7) is 1.64. The minimum absolute atomic E-state index is 0.0126. The number of ether oxygens (including phenoxy) is 5. The van der Waals surface area contributed by atoms with Gasteiger partial charge in [-0.05, 0) is 38.0 Å². The second kappa shape index (κ2) is 5.78. The van der Waals surface area contributed by atoms with Crippen molar-refractivity contribution in [1.29, 1.82) is 0 Å². The van der Waals surface area contributed by atoms with Crippen LogP contribution in [0.3, 0.4) is 0 Å². The van der Waals surface area contributed by atoms with Crippen molar-refractivity contribution >= 4 is 12.1 Å². The van der Waals surface area contributed by atoms with Gasteiger partial charge in [0.15, 0.2) is 5.79 Å². The maximum atomic E-state index is 13.4. The maximum absolute atomic E-state index is 13.4. The fraction of sp³-hybridized carbons (Fsp3) is 0.895. The molecule has 0 N–H and O–H groups in total. The second-order valence-corrected chi connectivity index (χ2v) is 9.43. The highest BCUT2D eigenvalue weighted by molar-refractivity contribution is 5.77. The quantitative estimate of drug-likeness (QED) is 0.657. The highest BCUT2D eigenvalue weighted by atomic mass is 19.3. The Hall–Kier alpha value is -1.48. The molecule has 2 aliphatic heterocycles. The van der Waals surface area contributed by atoms with Crippen molar-refractivity contribution in [3.8, 4) is 0 Å². The first-order valence-corrected chi connectivity index (χ1v) is 9.83. The maximum Gasteiger partial charge on any atom is 0.508 e. The molecule has 0 amide bonds. The molecule has 2 saturated heterocycles. The summed E-state index contributed by atoms with van der Waals surface area (Å²) in [5.74, 6) is -5.43. The molecule has 0 aromatic heterocycles. The largest absolute Gasteiger partial charge is 0.508 e. The first-order valence-electron chi connectivity index (χ1n) is 9.83. The van der Waals surface area contributed by atoms with Gasteiger partial charge in [0, 0.05) is 18.8 Å². The normalized spacial score (nSPS) is 40.2. The van der Waals surface area contributed by atoms with Crippen molar-refractivity contribution in [3.05, 3.63) is 0 Å². The number of alkyl halides is 2. The van der Waals surface area contributed by atoms with E-state index in [2.05, 4.69) is 0 Å². The molecule has 0 aromatic rings. The lowest BCUT2D eigenvalue weighted by molar-refractivity contribution is -0.399. The summed E-state index contributed by atoms with van der Waals surface area (Å²) in [5, 5.41) is 0. The average Bonchev–Trinajstić information content (AvgIpc) is 2.62. The van der Waals surface area contributed by atoms with Crippen LogP contribution in [0.4, 0.5) is 13.6 Å². The van der Waals surface area contributed by atoms with E-state index in [1.54, 1.807) is 0 Å². The molecule has 6 aliphatic rings. The van der Waals surface area contributed by atoms with Crippen LogP contribution in [0.5, 0.6) is 0 Å². The molecule has 4 saturated carbocycles. The van der Waals surface area contributed by atoms with E-state index in [9.17, 15) is 18.4 Å². The lowest BCUT2D eigenvalue weighted by atomic mass is 9.51. The van der Waals surface area contributed by atoms with Crippen LogP contribution >= 0.6 is 0 Å². The van der Waals surface area contributed by atoms with Crippen LogP contribution in [0, 0.1) is 23.2 Å². The third-order valence-electron chi connectivity index (χ3n) is 7.14. The van der Waals surface area contributed by atoms with Crippen molar-refractivity contribution in [2.45, 2.75) is 56.3 Å². The summed E-state index contributed by atoms with van der Waals surface area (Å²) in [6.07, 6.45) is 2.64. The molecule has 156 valence electrons. The fourth-order valence-corrected chi connectivity index (χ4v) is 6.03. The Bertz CT molecular complexity index is 665. The van der Waals surface area contributed by atoms with E-state index in [0.717, 1.165) is 12.8 Å². The highest BCUT2D eigenvalue weighted by Crippen LogP contribution is 2.64. The molecule has 28 heavy (non-hydrogen) atoms. The van der Waals surface area contributed by atoms with Gasteiger partial charge >= 0.3 is 18.0 Å². The van der Waals surface area contributed by atoms with Crippen LogP contribution in [-0.4, -0.2) is 55.9 Å². The molecule has 6 rings (SSSR count). The number of rotatable bonds is 2. The summed E-state index contributed by atoms with van der Waals surface area (Å²) in [7, 11) is 0. The molecule has 2 atom stereocenters. The third-order valence-corrected chi connectivity index (χ3v) is 7.14. The monoisotopic (exact) mass is 402 g/mol. The van der Waals surface area contributed by atoms with Crippen LogP contribution in [0.1, 0.15) is 39.0 Å². The van der Waals surface area contributed by atoms with Gasteiger partial charge in [-0.25, -0.2) is 9.59 Å². The van der Waals surface area contributed by atoms with Gasteiger partial charge in [-0.15, -0.1) is 0 Å². The van der Waals surface area contributed by atoms with Gasteiger partial charge in [0.25, 0.3) is 0 Å². The standard InChI is InChI=1S/C19H24F2O7/c1-16(20,21)14(22)28-18-4-11-2-12(5-18)19(13(3-11)6-18)26-9-17(10-27-19)7-24-15(23)25-8-17/h11-13H,2-10H2,1H3. The van der Waals surface area contributed by atoms with E-state index < -0.39 is 34.9 Å². The summed E-state index contributed by atoms with van der Waals surface area (Å²) in [4.78, 5) is 23.0. The SMILES string of the molecule is CC(F)(F)C(=O)OC12CC3CC(C1)C1(OCC4(COC(=O)OC4)CO1)C(C3)C2. The van der Waals surface area contributed by atoms with Crippen LogP contribution in [0.15, 0.2) is 0 Å². The van der Waals surface area contributed by atoms with E-state index in [4.69, 9.17) is 23.7 Å². The molecule has 7 nitrogen and oxygen atoms in total. The first kappa shape index (κ1) is 18.5. The number of hydrogen-bond donors (Lipinski definition) is 0. The van der Waals surface area contributed by atoms with Crippen LogP contribution < -0.4 is 0 Å². The number of cyclic esters (lactones) is 2. The lowest BCUT2D eigenvalue weighted by Gasteiger charge is -2.65. The zero-order valence-electron chi connectivity index (χ0n) is 15.7. The zero-order valence-corrected chi connectivity index (χ0v) is 15.7. The molecule has 2 unspecified atom stereocenters. The molecule has 4 bridgehead atoms. The Labute approximate surface area is 161 Å². The smallest absolute Gasteiger partial charge is 0.455 e. The topological polar surface area (TPSA) is 80.3 Å². The van der Waals surface area contributed by atoms with E-state index in [0.29, 0.717) is 45.3 Å². The van der Waals surface area contributed by atoms with Gasteiger partial charge in [0.05, 0.1) is 18.6 Å². The van der Waals surface area contributed by atoms with Gasteiger partial charge < -0.3 is 23.7 Å². The molecule has 0 radical (unpaired) electrons. The summed E-state index contributed by atoms with van der Waals surface area (Å²) < 4.78 is 54.8. The molecule has 2 spiro atoms. The number of esters is 1. The molecule has 6 fully saturated rings. The Morgan fingerprint density at radius 3 is 2.14 bits per heavy atom. The third kappa shape index (κ3) is 2.73. The molecular formula is C19H24F2O7. The summed E-state index contributed by atoms with van der Waals surface area (Å²) in [6, 6.07) is 0. The molecule has 2 heterocycles. The summed E-state index contributed by atoms with van der Waals surface area (Å²) in [5.41, 5.74) is -1.36. The van der Waals surface area contributed by atoms with E-state index in [-0.39, 0.29) is 25.0 Å². The number of carbonyl (C=O) groups excluding carboxylic acids is 2. The van der Waals surface area contributed by atoms with E-state index in [1.165, 1.54) is 0 Å². The Morgan fingerprint density at radius 2 is 1.61 bits per heavy atom. The number of hydrogen-bond acceptors (Lipinski definition) is 7. The van der Waals surface area contributed by atoms with Crippen molar-refractivity contribution in [1.82, 2.24) is 0 Å². The minimum atomic E-state index is -3.50.